The maximum Gasteiger partial charge on any atom is 0.0670 e. The van der Waals surface area contributed by atoms with E-state index in [1.807, 2.05) is 38.4 Å². The summed E-state index contributed by atoms with van der Waals surface area (Å²) in [7, 11) is 4.06. The molecule has 21 heavy (non-hydrogen) atoms. The van der Waals surface area contributed by atoms with E-state index in [2.05, 4.69) is 35.3 Å². The Morgan fingerprint density at radius 3 is 2.48 bits per heavy atom. The molecule has 0 unspecified atom stereocenters. The van der Waals surface area contributed by atoms with E-state index in [-0.39, 0.29) is 0 Å². The molecule has 0 fully saturated rings. The molecule has 0 amide bonds. The Morgan fingerprint density at radius 1 is 1.14 bits per heavy atom. The zero-order chi connectivity index (χ0) is 15.4. The van der Waals surface area contributed by atoms with Crippen molar-refractivity contribution in [3.05, 3.63) is 47.5 Å². The van der Waals surface area contributed by atoms with Crippen LogP contribution in [0.1, 0.15) is 11.1 Å². The molecule has 2 rings (SSSR count). The van der Waals surface area contributed by atoms with Crippen molar-refractivity contribution < 1.29 is 0 Å². The molecule has 2 aromatic rings. The van der Waals surface area contributed by atoms with Crippen molar-refractivity contribution in [1.82, 2.24) is 0 Å². The van der Waals surface area contributed by atoms with E-state index < -0.39 is 0 Å². The van der Waals surface area contributed by atoms with E-state index in [9.17, 15) is 0 Å². The van der Waals surface area contributed by atoms with Gasteiger partial charge in [0.1, 0.15) is 0 Å². The van der Waals surface area contributed by atoms with Gasteiger partial charge in [0.05, 0.1) is 12.5 Å². The molecule has 0 saturated heterocycles. The Balaban J connectivity index is 2.28. The number of hydrogen-bond donors (Lipinski definition) is 2. The summed E-state index contributed by atoms with van der Waals surface area (Å²) in [6, 6.07) is 14.0. The molecule has 0 aliphatic rings. The van der Waals surface area contributed by atoms with Crippen LogP contribution in [0.15, 0.2) is 36.4 Å². The molecule has 0 aromatic heterocycles. The number of nitrogen functional groups attached to an aromatic ring is 1. The van der Waals surface area contributed by atoms with Gasteiger partial charge in [0.25, 0.3) is 0 Å². The number of hydrogen-bond acceptors (Lipinski definition) is 4. The van der Waals surface area contributed by atoms with Gasteiger partial charge in [-0.3, -0.25) is 0 Å². The normalized spacial score (nSPS) is 10.0. The van der Waals surface area contributed by atoms with Crippen molar-refractivity contribution in [2.75, 3.05) is 30.0 Å². The van der Waals surface area contributed by atoms with E-state index in [0.717, 1.165) is 16.9 Å². The van der Waals surface area contributed by atoms with Gasteiger partial charge in [-0.2, -0.15) is 5.26 Å². The molecular weight excluding hydrogens is 260 g/mol. The molecule has 0 aliphatic carbocycles. The third kappa shape index (κ3) is 3.46. The summed E-state index contributed by atoms with van der Waals surface area (Å²) in [5.41, 5.74) is 11.7. The number of nitrogens with zero attached hydrogens (tertiary/aromatic N) is 2. The van der Waals surface area contributed by atoms with E-state index in [1.165, 1.54) is 11.3 Å². The number of nitriles is 1. The standard InChI is InChI=1S/C17H20N4/c1-12-4-5-15(11-17(12)21(2)3)20-14-6-7-16(19)13(10-14)8-9-18/h4-7,10-11,20H,8,19H2,1-3H3. The van der Waals surface area contributed by atoms with Crippen molar-refractivity contribution >= 4 is 22.7 Å². The minimum Gasteiger partial charge on any atom is -0.398 e. The lowest BCUT2D eigenvalue weighted by atomic mass is 10.1. The first-order valence-electron chi connectivity index (χ1n) is 6.81. The second kappa shape index (κ2) is 6.19. The fraction of sp³-hybridized carbons (Fsp3) is 0.235. The van der Waals surface area contributed by atoms with Gasteiger partial charge in [-0.25, -0.2) is 0 Å². The van der Waals surface area contributed by atoms with Gasteiger partial charge in [0, 0.05) is 36.8 Å². The van der Waals surface area contributed by atoms with Crippen LogP contribution in [0.2, 0.25) is 0 Å². The van der Waals surface area contributed by atoms with Crippen molar-refractivity contribution in [3.63, 3.8) is 0 Å². The average molecular weight is 280 g/mol. The molecular formula is C17H20N4. The molecule has 0 aliphatic heterocycles. The van der Waals surface area contributed by atoms with Gasteiger partial charge in [-0.1, -0.05) is 6.07 Å². The van der Waals surface area contributed by atoms with E-state index in [0.29, 0.717) is 12.1 Å². The topological polar surface area (TPSA) is 65.1 Å². The first kappa shape index (κ1) is 14.7. The lowest BCUT2D eigenvalue weighted by Gasteiger charge is -2.17. The zero-order valence-corrected chi connectivity index (χ0v) is 12.6. The zero-order valence-electron chi connectivity index (χ0n) is 12.6. The fourth-order valence-electron chi connectivity index (χ4n) is 2.26. The van der Waals surface area contributed by atoms with Gasteiger partial charge in [0.15, 0.2) is 0 Å². The minimum absolute atomic E-state index is 0.318. The quantitative estimate of drug-likeness (QED) is 0.842. The smallest absolute Gasteiger partial charge is 0.0670 e. The van der Waals surface area contributed by atoms with Crippen LogP contribution in [0.25, 0.3) is 0 Å². The van der Waals surface area contributed by atoms with Gasteiger partial charge in [-0.05, 0) is 48.4 Å². The highest BCUT2D eigenvalue weighted by molar-refractivity contribution is 5.69. The predicted octanol–water partition coefficient (Wildman–Crippen LogP) is 3.45. The second-order valence-electron chi connectivity index (χ2n) is 5.27. The van der Waals surface area contributed by atoms with Gasteiger partial charge in [-0.15, -0.1) is 0 Å². The third-order valence-corrected chi connectivity index (χ3v) is 3.39. The third-order valence-electron chi connectivity index (χ3n) is 3.39. The van der Waals surface area contributed by atoms with Crippen molar-refractivity contribution in [3.8, 4) is 6.07 Å². The Hall–Kier alpha value is -2.67. The first-order chi connectivity index (χ1) is 10.0. The number of anilines is 4. The first-order valence-corrected chi connectivity index (χ1v) is 6.81. The van der Waals surface area contributed by atoms with Crippen LogP contribution >= 0.6 is 0 Å². The summed E-state index contributed by atoms with van der Waals surface area (Å²) in [5, 5.41) is 12.2. The molecule has 4 heteroatoms. The Bertz CT molecular complexity index is 684. The summed E-state index contributed by atoms with van der Waals surface area (Å²) in [4.78, 5) is 2.09. The lowest BCUT2D eigenvalue weighted by Crippen LogP contribution is -2.10. The van der Waals surface area contributed by atoms with Crippen molar-refractivity contribution in [1.29, 1.82) is 5.26 Å². The van der Waals surface area contributed by atoms with Crippen molar-refractivity contribution in [2.24, 2.45) is 0 Å². The maximum absolute atomic E-state index is 8.82. The number of nitrogens with one attached hydrogen (secondary N) is 1. The fourth-order valence-corrected chi connectivity index (χ4v) is 2.26. The van der Waals surface area contributed by atoms with Gasteiger partial charge < -0.3 is 16.0 Å². The number of nitrogens with two attached hydrogens (primary N) is 1. The van der Waals surface area contributed by atoms with E-state index in [1.54, 1.807) is 0 Å². The van der Waals surface area contributed by atoms with Crippen LogP contribution in [-0.4, -0.2) is 14.1 Å². The monoisotopic (exact) mass is 280 g/mol. The van der Waals surface area contributed by atoms with Crippen LogP contribution in [0.4, 0.5) is 22.7 Å². The summed E-state index contributed by atoms with van der Waals surface area (Å²) in [6.45, 7) is 2.09. The highest BCUT2D eigenvalue weighted by Crippen LogP contribution is 2.26. The van der Waals surface area contributed by atoms with E-state index >= 15 is 0 Å². The second-order valence-corrected chi connectivity index (χ2v) is 5.27. The lowest BCUT2D eigenvalue weighted by molar-refractivity contribution is 1.11. The average Bonchev–Trinajstić information content (AvgIpc) is 2.44. The summed E-state index contributed by atoms with van der Waals surface area (Å²) < 4.78 is 0. The van der Waals surface area contributed by atoms with Gasteiger partial charge in [0.2, 0.25) is 0 Å². The molecule has 0 heterocycles. The number of benzene rings is 2. The Labute approximate surface area is 125 Å². The van der Waals surface area contributed by atoms with Gasteiger partial charge >= 0.3 is 0 Å². The highest BCUT2D eigenvalue weighted by Gasteiger charge is 2.05. The van der Waals surface area contributed by atoms with Crippen LogP contribution in [0.5, 0.6) is 0 Å². The highest BCUT2D eigenvalue weighted by atomic mass is 15.1. The summed E-state index contributed by atoms with van der Waals surface area (Å²) >= 11 is 0. The van der Waals surface area contributed by atoms with E-state index in [4.69, 9.17) is 11.0 Å². The molecule has 0 atom stereocenters. The SMILES string of the molecule is Cc1ccc(Nc2ccc(N)c(CC#N)c2)cc1N(C)C. The molecule has 3 N–H and O–H groups in total. The summed E-state index contributed by atoms with van der Waals surface area (Å²) in [6.07, 6.45) is 0.318. The molecule has 0 radical (unpaired) electrons. The van der Waals surface area contributed by atoms with Crippen LogP contribution in [-0.2, 0) is 6.42 Å². The van der Waals surface area contributed by atoms with Crippen LogP contribution < -0.4 is 16.0 Å². The molecule has 108 valence electrons. The molecule has 0 spiro atoms. The maximum atomic E-state index is 8.82. The minimum atomic E-state index is 0.318. The molecule has 0 saturated carbocycles. The largest absolute Gasteiger partial charge is 0.398 e. The number of rotatable bonds is 4. The van der Waals surface area contributed by atoms with Crippen LogP contribution in [0.3, 0.4) is 0 Å². The Kier molecular flexibility index (Phi) is 4.34. The van der Waals surface area contributed by atoms with Crippen molar-refractivity contribution in [2.45, 2.75) is 13.3 Å². The van der Waals surface area contributed by atoms with Crippen LogP contribution in [0, 0.1) is 18.3 Å². The summed E-state index contributed by atoms with van der Waals surface area (Å²) in [5.74, 6) is 0. The predicted molar refractivity (Wildman–Crippen MR) is 89.0 cm³/mol. The molecule has 0 bridgehead atoms. The molecule has 2 aromatic carbocycles. The number of aryl methyl sites for hydroxylation is 1. The Morgan fingerprint density at radius 2 is 1.81 bits per heavy atom. The molecule has 4 nitrogen and oxygen atoms in total.